The van der Waals surface area contributed by atoms with Gasteiger partial charge in [0.05, 0.1) is 26.4 Å². The SMILES string of the molecule is CN1CCN(C(=O)Nc2ccccc2)CC1.CN1CCN(C(=O)Nc2cscc2S(=O)(=O)c2ccccc2)CC1.CN1CCN(C(=O)Nc2sc3c(c2C#N)CCN(C)C3)CC1.CSc1nc2ccc(NC(=O)N3CCN(C)CC3)cc2s1.Cc1cc(NC(=O)N2CCN(C)CC2)c(C)cc1N. The highest BCUT2D eigenvalue weighted by atomic mass is 32.2. The molecule has 0 saturated carbocycles. The lowest BCUT2D eigenvalue weighted by atomic mass is 10.0. The molecule has 31 heteroatoms. The number of hydrogen-bond donors (Lipinski definition) is 6. The van der Waals surface area contributed by atoms with Gasteiger partial charge >= 0.3 is 30.2 Å². The summed E-state index contributed by atoms with van der Waals surface area (Å²) in [7, 11) is 8.74. The Kier molecular flexibility index (Phi) is 28.6. The van der Waals surface area contributed by atoms with E-state index in [-0.39, 0.29) is 39.9 Å². The number of nitrogen functional groups attached to an aromatic ring is 1. The molecule has 7 aromatic rings. The van der Waals surface area contributed by atoms with Crippen molar-refractivity contribution in [1.29, 1.82) is 5.26 Å². The minimum Gasteiger partial charge on any atom is -0.399 e. The monoisotopic (exact) mass is 1490 g/mol. The van der Waals surface area contributed by atoms with Crippen LogP contribution >= 0.6 is 45.8 Å². The molecule has 26 nitrogen and oxygen atoms in total. The van der Waals surface area contributed by atoms with E-state index in [9.17, 15) is 37.7 Å². The molecular weight excluding hydrogens is 1390 g/mol. The number of thioether (sulfide) groups is 1. The van der Waals surface area contributed by atoms with Gasteiger partial charge in [-0.05, 0) is 140 Å². The molecule has 6 aliphatic heterocycles. The molecule has 5 fully saturated rings. The Morgan fingerprint density at radius 1 is 0.510 bits per heavy atom. The van der Waals surface area contributed by atoms with Crippen LogP contribution in [0, 0.1) is 25.2 Å². The van der Waals surface area contributed by atoms with Crippen LogP contribution < -0.4 is 32.3 Å². The van der Waals surface area contributed by atoms with Crippen LogP contribution in [0.4, 0.5) is 57.4 Å². The highest BCUT2D eigenvalue weighted by Crippen LogP contribution is 2.37. The summed E-state index contributed by atoms with van der Waals surface area (Å²) in [5.41, 5.74) is 14.2. The van der Waals surface area contributed by atoms with Crippen molar-refractivity contribution in [3.63, 3.8) is 0 Å². The molecule has 0 aliphatic carbocycles. The minimum atomic E-state index is -3.64. The predicted octanol–water partition coefficient (Wildman–Crippen LogP) is 9.68. The number of carbonyl (C=O) groups excluding carboxylic acids is 5. The molecular formula is C71H97N19O7S5. The second-order valence-electron chi connectivity index (χ2n) is 26.1. The van der Waals surface area contributed by atoms with E-state index in [2.05, 4.69) is 102 Å². The van der Waals surface area contributed by atoms with E-state index < -0.39 is 9.84 Å². The number of amides is 10. The van der Waals surface area contributed by atoms with Crippen molar-refractivity contribution >= 4 is 129 Å². The lowest BCUT2D eigenvalue weighted by Gasteiger charge is -2.32. The van der Waals surface area contributed by atoms with Crippen molar-refractivity contribution in [3.8, 4) is 6.07 Å². The molecule has 548 valence electrons. The third-order valence-electron chi connectivity index (χ3n) is 18.4. The van der Waals surface area contributed by atoms with Crippen molar-refractivity contribution < 1.29 is 32.4 Å². The van der Waals surface area contributed by atoms with E-state index in [0.29, 0.717) is 29.3 Å². The van der Waals surface area contributed by atoms with E-state index in [0.717, 1.165) is 191 Å². The number of rotatable bonds is 8. The van der Waals surface area contributed by atoms with E-state index in [1.807, 2.05) is 107 Å². The van der Waals surface area contributed by atoms with Crippen LogP contribution in [0.1, 0.15) is 27.1 Å². The maximum atomic E-state index is 12.8. The summed E-state index contributed by atoms with van der Waals surface area (Å²) in [5.74, 6) is 0. The van der Waals surface area contributed by atoms with E-state index in [1.54, 1.807) is 80.4 Å². The Hall–Kier alpha value is -8.13. The molecule has 10 amide bonds. The Balaban J connectivity index is 0.000000149. The summed E-state index contributed by atoms with van der Waals surface area (Å²) in [6.07, 6.45) is 2.91. The molecule has 0 unspecified atom stereocenters. The summed E-state index contributed by atoms with van der Waals surface area (Å²) < 4.78 is 27.7. The fourth-order valence-corrected chi connectivity index (χ4v) is 17.0. The first-order valence-electron chi connectivity index (χ1n) is 34.1. The number of sulfone groups is 1. The number of nitriles is 1. The molecule has 13 rings (SSSR count). The van der Waals surface area contributed by atoms with Gasteiger partial charge in [0, 0.05) is 182 Å². The number of aromatic nitrogens is 1. The number of hydrogen-bond acceptors (Lipinski definition) is 20. The zero-order chi connectivity index (χ0) is 73.0. The van der Waals surface area contributed by atoms with Gasteiger partial charge in [-0.1, -0.05) is 48.2 Å². The van der Waals surface area contributed by atoms with Crippen molar-refractivity contribution in [3.05, 3.63) is 129 Å². The van der Waals surface area contributed by atoms with Gasteiger partial charge in [0.2, 0.25) is 9.84 Å². The number of carbonyl (C=O) groups is 5. The number of thiophene rings is 2. The third kappa shape index (κ3) is 22.0. The van der Waals surface area contributed by atoms with Gasteiger partial charge in [-0.25, -0.2) is 37.4 Å². The van der Waals surface area contributed by atoms with Crippen molar-refractivity contribution in [2.24, 2.45) is 0 Å². The number of anilines is 6. The summed E-state index contributed by atoms with van der Waals surface area (Å²) in [5, 5.41) is 28.0. The number of para-hydroxylation sites is 1. The van der Waals surface area contributed by atoms with Gasteiger partial charge in [0.25, 0.3) is 0 Å². The van der Waals surface area contributed by atoms with Crippen LogP contribution in [-0.4, -0.2) is 283 Å². The first-order valence-corrected chi connectivity index (χ1v) is 39.4. The Labute approximate surface area is 616 Å². The normalized spacial score (nSPS) is 17.2. The standard InChI is InChI=1S/C16H19N3O3S2.C15H21N5OS.C14H18N4OS2.C14H22N4O.C12H17N3O/c1-18-7-9-19(10-8-18)16(20)17-14-11-23-12-15(14)24(21,22)13-5-3-2-4-6-13;1-18-5-7-20(8-6-18)15(21)17-14-12(9-16)11-3-4-19(2)10-13(11)22-14;1-17-5-7-18(8-6-17)13(19)15-10-3-4-11-12(9-10)21-14(16-11)20-2;1-10-9-13(11(2)8-12(10)15)16-14(19)18-6-4-17(3)5-7-18;1-14-7-9-15(10-8-14)12(16)13-11-5-3-2-4-6-11/h2-6,11-12H,7-10H2,1H3,(H,17,20);3-8,10H2,1-2H3,(H,17,21);3-4,9H,5-8H2,1-2H3,(H,15,19);8-9H,4-7,15H2,1-3H3,(H,16,19);2-6H,7-10H2,1H3,(H,13,16). The average molecular weight is 1490 g/mol. The molecule has 0 spiro atoms. The van der Waals surface area contributed by atoms with Gasteiger partial charge < -0.3 is 80.9 Å². The molecule has 7 N–H and O–H groups in total. The number of benzene rings is 4. The van der Waals surface area contributed by atoms with Crippen LogP contribution in [0.2, 0.25) is 0 Å². The Morgan fingerprint density at radius 2 is 0.961 bits per heavy atom. The summed E-state index contributed by atoms with van der Waals surface area (Å²) in [6.45, 7) is 22.2. The van der Waals surface area contributed by atoms with Crippen LogP contribution in [0.25, 0.3) is 10.2 Å². The number of nitrogens with two attached hydrogens (primary N) is 1. The number of nitrogens with zero attached hydrogens (tertiary/aromatic N) is 13. The van der Waals surface area contributed by atoms with Crippen LogP contribution in [0.3, 0.4) is 0 Å². The van der Waals surface area contributed by atoms with E-state index in [4.69, 9.17) is 5.73 Å². The number of urea groups is 5. The van der Waals surface area contributed by atoms with Crippen LogP contribution in [0.5, 0.6) is 0 Å². The van der Waals surface area contributed by atoms with E-state index >= 15 is 0 Å². The first-order chi connectivity index (χ1) is 48.9. The number of piperazine rings is 5. The van der Waals surface area contributed by atoms with Crippen molar-refractivity contribution in [1.82, 2.24) is 58.9 Å². The number of thiazole rings is 1. The van der Waals surface area contributed by atoms with Gasteiger partial charge in [0.1, 0.15) is 16.0 Å². The third-order valence-corrected chi connectivity index (χ3v) is 24.3. The zero-order valence-corrected chi connectivity index (χ0v) is 64.0. The van der Waals surface area contributed by atoms with Crippen LogP contribution in [-0.2, 0) is 22.8 Å². The summed E-state index contributed by atoms with van der Waals surface area (Å²) in [4.78, 5) is 89.6. The molecule has 9 heterocycles. The second kappa shape index (κ2) is 37.3. The van der Waals surface area contributed by atoms with Gasteiger partial charge in [-0.15, -0.1) is 34.0 Å². The molecule has 6 aliphatic rings. The Morgan fingerprint density at radius 3 is 1.44 bits per heavy atom. The van der Waals surface area contributed by atoms with Gasteiger partial charge in [-0.3, -0.25) is 5.32 Å². The smallest absolute Gasteiger partial charge is 0.322 e. The minimum absolute atomic E-state index is 0.000648. The number of fused-ring (bicyclic) bond motifs is 2. The van der Waals surface area contributed by atoms with Gasteiger partial charge in [-0.2, -0.15) is 5.26 Å². The predicted molar refractivity (Wildman–Crippen MR) is 414 cm³/mol. The maximum Gasteiger partial charge on any atom is 0.322 e. The van der Waals surface area contributed by atoms with E-state index in [1.165, 1.54) is 16.2 Å². The maximum absolute atomic E-state index is 12.8. The second-order valence-corrected chi connectivity index (χ2v) is 32.0. The molecule has 5 saturated heterocycles. The van der Waals surface area contributed by atoms with Crippen molar-refractivity contribution in [2.75, 3.05) is 218 Å². The fraction of sp³-hybridized carbons (Fsp3) is 0.451. The molecule has 4 aromatic carbocycles. The zero-order valence-electron chi connectivity index (χ0n) is 59.9. The highest BCUT2D eigenvalue weighted by molar-refractivity contribution is 8.00. The molecule has 0 radical (unpaired) electrons. The number of likely N-dealkylation sites (N-methyl/N-ethyl adjacent to an activating group) is 6. The lowest BCUT2D eigenvalue weighted by Crippen LogP contribution is -2.48. The molecule has 3 aromatic heterocycles. The fourth-order valence-electron chi connectivity index (χ4n) is 11.6. The molecule has 0 atom stereocenters. The lowest BCUT2D eigenvalue weighted by molar-refractivity contribution is 0.164. The summed E-state index contributed by atoms with van der Waals surface area (Å²) in [6, 6.07) is 29.4. The molecule has 102 heavy (non-hydrogen) atoms. The molecule has 0 bridgehead atoms. The number of aryl methyl sites for hydroxylation is 2. The highest BCUT2D eigenvalue weighted by Gasteiger charge is 2.29. The Bertz CT molecular complexity index is 4100. The number of nitrogens with one attached hydrogen (secondary N) is 5. The average Bonchev–Trinajstić information content (AvgIpc) is 1.61. The first kappa shape index (κ1) is 78.0. The summed E-state index contributed by atoms with van der Waals surface area (Å²) >= 11 is 6.11. The quantitative estimate of drug-likeness (QED) is 0.0610. The topological polar surface area (TPSA) is 278 Å². The van der Waals surface area contributed by atoms with Crippen molar-refractivity contribution in [2.45, 2.75) is 40.9 Å². The van der Waals surface area contributed by atoms with Crippen LogP contribution in [0.15, 0.2) is 116 Å². The largest absolute Gasteiger partial charge is 0.399 e. The van der Waals surface area contributed by atoms with Gasteiger partial charge in [0.15, 0.2) is 4.34 Å².